The second-order valence-corrected chi connectivity index (χ2v) is 5.85. The molecule has 2 aliphatic rings. The van der Waals surface area contributed by atoms with Crippen molar-refractivity contribution in [1.82, 2.24) is 20.4 Å². The lowest BCUT2D eigenvalue weighted by molar-refractivity contribution is -0.141. The third-order valence-corrected chi connectivity index (χ3v) is 4.46. The molecule has 0 aromatic rings. The molecule has 2 heterocycles. The molecule has 0 bridgehead atoms. The summed E-state index contributed by atoms with van der Waals surface area (Å²) in [6.07, 6.45) is 3.95. The molecule has 0 aromatic heterocycles. The molecule has 20 heavy (non-hydrogen) atoms. The maximum absolute atomic E-state index is 12.6. The van der Waals surface area contributed by atoms with Gasteiger partial charge in [0.1, 0.15) is 6.04 Å². The van der Waals surface area contributed by atoms with Gasteiger partial charge in [0.25, 0.3) is 0 Å². The first-order chi connectivity index (χ1) is 9.54. The standard InChI is InChI=1S/C14H26N4O2/c1-10(15-2)13(19)16-11-6-4-8-17(3)12-7-5-9-18(12)14(11)20/h10-12,15H,4-9H2,1-3H3,(H,16,19). The van der Waals surface area contributed by atoms with Gasteiger partial charge in [0.2, 0.25) is 11.8 Å². The fourth-order valence-corrected chi connectivity index (χ4v) is 3.04. The lowest BCUT2D eigenvalue weighted by atomic mass is 10.1. The zero-order valence-corrected chi connectivity index (χ0v) is 12.7. The van der Waals surface area contributed by atoms with E-state index in [4.69, 9.17) is 0 Å². The molecule has 0 aliphatic carbocycles. The Kier molecular flexibility index (Phi) is 4.99. The van der Waals surface area contributed by atoms with Crippen LogP contribution >= 0.6 is 0 Å². The summed E-state index contributed by atoms with van der Waals surface area (Å²) >= 11 is 0. The average molecular weight is 282 g/mol. The third kappa shape index (κ3) is 3.12. The van der Waals surface area contributed by atoms with Crippen LogP contribution in [0.3, 0.4) is 0 Å². The van der Waals surface area contributed by atoms with Gasteiger partial charge in [-0.2, -0.15) is 0 Å². The average Bonchev–Trinajstić information content (AvgIpc) is 2.92. The van der Waals surface area contributed by atoms with Gasteiger partial charge in [-0.3, -0.25) is 14.5 Å². The van der Waals surface area contributed by atoms with Crippen molar-refractivity contribution in [2.24, 2.45) is 0 Å². The Balaban J connectivity index is 2.05. The topological polar surface area (TPSA) is 64.7 Å². The maximum atomic E-state index is 12.6. The van der Waals surface area contributed by atoms with E-state index in [2.05, 4.69) is 22.6 Å². The van der Waals surface area contributed by atoms with E-state index < -0.39 is 0 Å². The highest BCUT2D eigenvalue weighted by Crippen LogP contribution is 2.24. The van der Waals surface area contributed by atoms with E-state index in [1.807, 2.05) is 4.90 Å². The molecule has 114 valence electrons. The van der Waals surface area contributed by atoms with E-state index in [1.54, 1.807) is 14.0 Å². The van der Waals surface area contributed by atoms with E-state index in [0.29, 0.717) is 6.42 Å². The Hall–Kier alpha value is -1.14. The number of rotatable bonds is 3. The molecule has 0 spiro atoms. The summed E-state index contributed by atoms with van der Waals surface area (Å²) in [6.45, 7) is 3.58. The van der Waals surface area contributed by atoms with Crippen LogP contribution in [-0.2, 0) is 9.59 Å². The van der Waals surface area contributed by atoms with Crippen LogP contribution in [0.2, 0.25) is 0 Å². The van der Waals surface area contributed by atoms with Crippen molar-refractivity contribution in [3.8, 4) is 0 Å². The summed E-state index contributed by atoms with van der Waals surface area (Å²) in [5, 5.41) is 5.81. The minimum absolute atomic E-state index is 0.0794. The Morgan fingerprint density at radius 1 is 1.30 bits per heavy atom. The lowest BCUT2D eigenvalue weighted by Gasteiger charge is -2.37. The highest BCUT2D eigenvalue weighted by Gasteiger charge is 2.37. The zero-order chi connectivity index (χ0) is 14.7. The van der Waals surface area contributed by atoms with E-state index >= 15 is 0 Å². The van der Waals surface area contributed by atoms with Crippen molar-refractivity contribution >= 4 is 11.8 Å². The van der Waals surface area contributed by atoms with Crippen molar-refractivity contribution in [2.45, 2.75) is 50.9 Å². The van der Waals surface area contributed by atoms with Crippen molar-refractivity contribution in [3.05, 3.63) is 0 Å². The third-order valence-electron chi connectivity index (χ3n) is 4.46. The number of carbonyl (C=O) groups excluding carboxylic acids is 2. The molecule has 2 saturated heterocycles. The molecular weight excluding hydrogens is 256 g/mol. The van der Waals surface area contributed by atoms with Crippen molar-refractivity contribution in [3.63, 3.8) is 0 Å². The molecule has 2 rings (SSSR count). The van der Waals surface area contributed by atoms with Gasteiger partial charge in [0.15, 0.2) is 0 Å². The number of hydrogen-bond donors (Lipinski definition) is 2. The summed E-state index contributed by atoms with van der Waals surface area (Å²) < 4.78 is 0. The number of amides is 2. The van der Waals surface area contributed by atoms with Gasteiger partial charge in [-0.05, 0) is 53.2 Å². The molecule has 2 amide bonds. The molecule has 0 aromatic carbocycles. The summed E-state index contributed by atoms with van der Waals surface area (Å²) in [5.41, 5.74) is 0. The molecule has 2 aliphatic heterocycles. The fourth-order valence-electron chi connectivity index (χ4n) is 3.04. The summed E-state index contributed by atoms with van der Waals surface area (Å²) in [7, 11) is 3.83. The van der Waals surface area contributed by atoms with Crippen LogP contribution in [0.5, 0.6) is 0 Å². The smallest absolute Gasteiger partial charge is 0.246 e. The molecule has 3 unspecified atom stereocenters. The Morgan fingerprint density at radius 3 is 2.70 bits per heavy atom. The Labute approximate surface area is 120 Å². The number of carbonyl (C=O) groups is 2. The maximum Gasteiger partial charge on any atom is 0.246 e. The van der Waals surface area contributed by atoms with Gasteiger partial charge in [-0.25, -0.2) is 0 Å². The second kappa shape index (κ2) is 6.54. The first kappa shape index (κ1) is 15.3. The predicted octanol–water partition coefficient (Wildman–Crippen LogP) is -0.247. The van der Waals surface area contributed by atoms with E-state index in [-0.39, 0.29) is 30.1 Å². The summed E-state index contributed by atoms with van der Waals surface area (Å²) in [6, 6.07) is -0.641. The van der Waals surface area contributed by atoms with Gasteiger partial charge in [-0.1, -0.05) is 0 Å². The first-order valence-electron chi connectivity index (χ1n) is 7.53. The number of likely N-dealkylation sites (N-methyl/N-ethyl adjacent to an activating group) is 1. The molecule has 0 radical (unpaired) electrons. The fraction of sp³-hybridized carbons (Fsp3) is 0.857. The zero-order valence-electron chi connectivity index (χ0n) is 12.7. The van der Waals surface area contributed by atoms with Gasteiger partial charge in [0.05, 0.1) is 12.2 Å². The highest BCUT2D eigenvalue weighted by atomic mass is 16.2. The van der Waals surface area contributed by atoms with Crippen LogP contribution in [0, 0.1) is 0 Å². The van der Waals surface area contributed by atoms with Gasteiger partial charge in [-0.15, -0.1) is 0 Å². The van der Waals surface area contributed by atoms with Crippen molar-refractivity contribution in [2.75, 3.05) is 27.2 Å². The Bertz CT molecular complexity index is 374. The number of nitrogens with zero attached hydrogens (tertiary/aromatic N) is 2. The van der Waals surface area contributed by atoms with E-state index in [1.165, 1.54) is 0 Å². The van der Waals surface area contributed by atoms with E-state index in [0.717, 1.165) is 32.4 Å². The van der Waals surface area contributed by atoms with Crippen LogP contribution in [0.25, 0.3) is 0 Å². The largest absolute Gasteiger partial charge is 0.343 e. The molecule has 3 atom stereocenters. The first-order valence-corrected chi connectivity index (χ1v) is 7.53. The van der Waals surface area contributed by atoms with Gasteiger partial charge in [0, 0.05) is 6.54 Å². The predicted molar refractivity (Wildman–Crippen MR) is 77.1 cm³/mol. The normalized spacial score (nSPS) is 29.6. The summed E-state index contributed by atoms with van der Waals surface area (Å²) in [4.78, 5) is 28.8. The molecule has 6 nitrogen and oxygen atoms in total. The van der Waals surface area contributed by atoms with Gasteiger partial charge < -0.3 is 15.5 Å². The molecular formula is C14H26N4O2. The monoisotopic (exact) mass is 282 g/mol. The van der Waals surface area contributed by atoms with Crippen LogP contribution in [-0.4, -0.2) is 67.0 Å². The van der Waals surface area contributed by atoms with E-state index in [9.17, 15) is 9.59 Å². The Morgan fingerprint density at radius 2 is 2.00 bits per heavy atom. The lowest BCUT2D eigenvalue weighted by Crippen LogP contribution is -2.57. The molecule has 2 N–H and O–H groups in total. The van der Waals surface area contributed by atoms with Crippen LogP contribution < -0.4 is 10.6 Å². The summed E-state index contributed by atoms with van der Waals surface area (Å²) in [5.74, 6) is -0.0220. The number of fused-ring (bicyclic) bond motifs is 1. The van der Waals surface area contributed by atoms with Crippen molar-refractivity contribution in [1.29, 1.82) is 0 Å². The van der Waals surface area contributed by atoms with Crippen molar-refractivity contribution < 1.29 is 9.59 Å². The highest BCUT2D eigenvalue weighted by molar-refractivity contribution is 5.89. The number of nitrogens with one attached hydrogen (secondary N) is 2. The second-order valence-electron chi connectivity index (χ2n) is 5.85. The molecule has 2 fully saturated rings. The minimum atomic E-state index is -0.368. The van der Waals surface area contributed by atoms with Crippen LogP contribution in [0.15, 0.2) is 0 Å². The quantitative estimate of drug-likeness (QED) is 0.749. The SMILES string of the molecule is CNC(C)C(=O)NC1CCCN(C)C2CCCN2C1=O. The molecule has 0 saturated carbocycles. The minimum Gasteiger partial charge on any atom is -0.343 e. The number of hydrogen-bond acceptors (Lipinski definition) is 4. The van der Waals surface area contributed by atoms with Crippen LogP contribution in [0.4, 0.5) is 0 Å². The van der Waals surface area contributed by atoms with Crippen LogP contribution in [0.1, 0.15) is 32.6 Å². The molecule has 6 heteroatoms. The van der Waals surface area contributed by atoms with Gasteiger partial charge >= 0.3 is 0 Å².